The maximum Gasteiger partial charge on any atom is 0.272 e. The van der Waals surface area contributed by atoms with Gasteiger partial charge in [0.25, 0.3) is 5.69 Å². The Hall–Kier alpha value is -1.79. The van der Waals surface area contributed by atoms with Crippen LogP contribution < -0.4 is 5.32 Å². The molecule has 20 heavy (non-hydrogen) atoms. The Balaban J connectivity index is 1.94. The van der Waals surface area contributed by atoms with Crippen molar-refractivity contribution in [1.82, 2.24) is 9.55 Å². The highest BCUT2D eigenvalue weighted by molar-refractivity contribution is 6.39. The monoisotopic (exact) mass is 314 g/mol. The molecular formula is C12H12Cl2N4O2. The summed E-state index contributed by atoms with van der Waals surface area (Å²) in [6.45, 7) is 1.46. The maximum absolute atomic E-state index is 10.7. The molecule has 8 heteroatoms. The van der Waals surface area contributed by atoms with Crippen molar-refractivity contribution in [3.8, 4) is 0 Å². The number of hydrogen-bond acceptors (Lipinski definition) is 4. The van der Waals surface area contributed by atoms with Crippen molar-refractivity contribution < 1.29 is 4.92 Å². The van der Waals surface area contributed by atoms with Gasteiger partial charge in [-0.3, -0.25) is 10.1 Å². The summed E-state index contributed by atoms with van der Waals surface area (Å²) in [4.78, 5) is 14.1. The summed E-state index contributed by atoms with van der Waals surface area (Å²) in [6.07, 6.45) is 6.19. The van der Waals surface area contributed by atoms with Crippen molar-refractivity contribution >= 4 is 34.6 Å². The van der Waals surface area contributed by atoms with Crippen LogP contribution in [0, 0.1) is 10.1 Å². The van der Waals surface area contributed by atoms with E-state index in [2.05, 4.69) is 10.3 Å². The van der Waals surface area contributed by atoms with Crippen LogP contribution in [0.1, 0.15) is 6.42 Å². The lowest BCUT2D eigenvalue weighted by atomic mass is 10.2. The molecule has 1 N–H and O–H groups in total. The molecule has 106 valence electrons. The van der Waals surface area contributed by atoms with Crippen LogP contribution in [0.25, 0.3) is 0 Å². The summed E-state index contributed by atoms with van der Waals surface area (Å²) < 4.78 is 1.96. The Bertz CT molecular complexity index is 579. The Labute approximate surface area is 125 Å². The number of nitro benzene ring substituents is 1. The first-order valence-corrected chi connectivity index (χ1v) is 6.66. The summed E-state index contributed by atoms with van der Waals surface area (Å²) in [5.41, 5.74) is 0.397. The second-order valence-electron chi connectivity index (χ2n) is 4.12. The van der Waals surface area contributed by atoms with Gasteiger partial charge >= 0.3 is 0 Å². The van der Waals surface area contributed by atoms with E-state index < -0.39 is 4.92 Å². The SMILES string of the molecule is O=[N+]([O-])c1cc(Cl)c(NCCCn2ccnc2)c(Cl)c1. The third kappa shape index (κ3) is 3.61. The van der Waals surface area contributed by atoms with Crippen molar-refractivity contribution in [3.05, 3.63) is 51.0 Å². The molecule has 2 aromatic rings. The van der Waals surface area contributed by atoms with Gasteiger partial charge in [0.1, 0.15) is 0 Å². The summed E-state index contributed by atoms with van der Waals surface area (Å²) >= 11 is 12.0. The van der Waals surface area contributed by atoms with Crippen LogP contribution in [0.5, 0.6) is 0 Å². The number of aryl methyl sites for hydroxylation is 1. The van der Waals surface area contributed by atoms with Gasteiger partial charge in [-0.05, 0) is 6.42 Å². The Morgan fingerprint density at radius 3 is 2.60 bits per heavy atom. The largest absolute Gasteiger partial charge is 0.383 e. The summed E-state index contributed by atoms with van der Waals surface area (Å²) in [5.74, 6) is 0. The molecule has 0 unspecified atom stereocenters. The minimum atomic E-state index is -0.527. The normalized spacial score (nSPS) is 10.5. The molecule has 0 aliphatic rings. The number of anilines is 1. The fourth-order valence-corrected chi connectivity index (χ4v) is 2.34. The average Bonchev–Trinajstić information content (AvgIpc) is 2.89. The van der Waals surface area contributed by atoms with Gasteiger partial charge in [-0.25, -0.2) is 4.98 Å². The molecule has 1 aromatic heterocycles. The number of benzene rings is 1. The van der Waals surface area contributed by atoms with Crippen molar-refractivity contribution in [3.63, 3.8) is 0 Å². The third-order valence-corrected chi connectivity index (χ3v) is 3.29. The van der Waals surface area contributed by atoms with Crippen LogP contribution in [0.3, 0.4) is 0 Å². The molecule has 0 fully saturated rings. The lowest BCUT2D eigenvalue weighted by Gasteiger charge is -2.10. The standard InChI is InChI=1S/C12H12Cl2N4O2/c13-10-6-9(18(19)20)7-11(14)12(10)16-2-1-4-17-5-3-15-8-17/h3,5-8,16H,1-2,4H2. The van der Waals surface area contributed by atoms with Crippen molar-refractivity contribution in [2.24, 2.45) is 0 Å². The van der Waals surface area contributed by atoms with Gasteiger partial charge in [-0.2, -0.15) is 0 Å². The Kier molecular flexibility index (Phi) is 4.81. The van der Waals surface area contributed by atoms with Crippen LogP contribution in [0.15, 0.2) is 30.9 Å². The van der Waals surface area contributed by atoms with E-state index >= 15 is 0 Å². The molecule has 0 bridgehead atoms. The Morgan fingerprint density at radius 1 is 1.35 bits per heavy atom. The van der Waals surface area contributed by atoms with Gasteiger partial charge < -0.3 is 9.88 Å². The fourth-order valence-electron chi connectivity index (χ4n) is 1.73. The van der Waals surface area contributed by atoms with Crippen LogP contribution in [0.2, 0.25) is 10.0 Å². The molecule has 1 aromatic carbocycles. The first-order chi connectivity index (χ1) is 9.58. The zero-order chi connectivity index (χ0) is 14.5. The van der Waals surface area contributed by atoms with E-state index in [-0.39, 0.29) is 15.7 Å². The second-order valence-corrected chi connectivity index (χ2v) is 4.94. The highest BCUT2D eigenvalue weighted by Crippen LogP contribution is 2.34. The average molecular weight is 315 g/mol. The van der Waals surface area contributed by atoms with E-state index in [4.69, 9.17) is 23.2 Å². The number of non-ortho nitro benzene ring substituents is 1. The molecule has 0 amide bonds. The molecular weight excluding hydrogens is 303 g/mol. The smallest absolute Gasteiger partial charge is 0.272 e. The van der Waals surface area contributed by atoms with Crippen molar-refractivity contribution in [1.29, 1.82) is 0 Å². The molecule has 0 aliphatic heterocycles. The molecule has 0 atom stereocenters. The minimum absolute atomic E-state index is 0.121. The number of hydrogen-bond donors (Lipinski definition) is 1. The van der Waals surface area contributed by atoms with E-state index in [9.17, 15) is 10.1 Å². The van der Waals surface area contributed by atoms with E-state index in [1.165, 1.54) is 12.1 Å². The fraction of sp³-hybridized carbons (Fsp3) is 0.250. The molecule has 2 rings (SSSR count). The molecule has 1 heterocycles. The van der Waals surface area contributed by atoms with E-state index in [1.54, 1.807) is 12.5 Å². The van der Waals surface area contributed by atoms with E-state index in [0.717, 1.165) is 13.0 Å². The Morgan fingerprint density at radius 2 is 2.05 bits per heavy atom. The lowest BCUT2D eigenvalue weighted by Crippen LogP contribution is -2.06. The number of nitrogens with one attached hydrogen (secondary N) is 1. The minimum Gasteiger partial charge on any atom is -0.383 e. The predicted molar refractivity (Wildman–Crippen MR) is 78.5 cm³/mol. The van der Waals surface area contributed by atoms with Crippen molar-refractivity contribution in [2.45, 2.75) is 13.0 Å². The zero-order valence-electron chi connectivity index (χ0n) is 10.4. The van der Waals surface area contributed by atoms with Gasteiger partial charge in [0.15, 0.2) is 0 Å². The van der Waals surface area contributed by atoms with Crippen LogP contribution in [-0.4, -0.2) is 21.0 Å². The highest BCUT2D eigenvalue weighted by atomic mass is 35.5. The lowest BCUT2D eigenvalue weighted by molar-refractivity contribution is -0.384. The van der Waals surface area contributed by atoms with Gasteiger partial charge in [0.2, 0.25) is 0 Å². The third-order valence-electron chi connectivity index (χ3n) is 2.69. The van der Waals surface area contributed by atoms with E-state index in [1.807, 2.05) is 10.8 Å². The van der Waals surface area contributed by atoms with Gasteiger partial charge in [0, 0.05) is 37.6 Å². The highest BCUT2D eigenvalue weighted by Gasteiger charge is 2.14. The number of aromatic nitrogens is 2. The predicted octanol–water partition coefficient (Wildman–Crippen LogP) is 3.60. The molecule has 0 aliphatic carbocycles. The molecule has 0 radical (unpaired) electrons. The summed E-state index contributed by atoms with van der Waals surface area (Å²) in [7, 11) is 0. The van der Waals surface area contributed by atoms with Crippen LogP contribution in [-0.2, 0) is 6.54 Å². The molecule has 6 nitrogen and oxygen atoms in total. The van der Waals surface area contributed by atoms with Crippen LogP contribution in [0.4, 0.5) is 11.4 Å². The van der Waals surface area contributed by atoms with Gasteiger partial charge in [-0.1, -0.05) is 23.2 Å². The molecule has 0 saturated heterocycles. The van der Waals surface area contributed by atoms with Gasteiger partial charge in [0.05, 0.1) is 27.0 Å². The topological polar surface area (TPSA) is 73.0 Å². The van der Waals surface area contributed by atoms with Gasteiger partial charge in [-0.15, -0.1) is 0 Å². The first kappa shape index (κ1) is 14.6. The van der Waals surface area contributed by atoms with E-state index in [0.29, 0.717) is 12.2 Å². The summed E-state index contributed by atoms with van der Waals surface area (Å²) in [5, 5.41) is 14.2. The van der Waals surface area contributed by atoms with Crippen LogP contribution >= 0.6 is 23.2 Å². The number of rotatable bonds is 6. The quantitative estimate of drug-likeness (QED) is 0.502. The second kappa shape index (κ2) is 6.58. The summed E-state index contributed by atoms with van der Waals surface area (Å²) in [6, 6.07) is 2.57. The first-order valence-electron chi connectivity index (χ1n) is 5.91. The number of nitrogens with zero attached hydrogens (tertiary/aromatic N) is 3. The maximum atomic E-state index is 10.7. The zero-order valence-corrected chi connectivity index (χ0v) is 11.9. The number of nitro groups is 1. The van der Waals surface area contributed by atoms with Crippen molar-refractivity contribution in [2.75, 3.05) is 11.9 Å². The molecule has 0 saturated carbocycles. The number of imidazole rings is 1. The number of halogens is 2. The molecule has 0 spiro atoms.